The number of nitrogens with zero attached hydrogens (tertiary/aromatic N) is 1. The van der Waals surface area contributed by atoms with E-state index in [0.29, 0.717) is 18.0 Å². The molecular formula is C20H26N2O2. The van der Waals surface area contributed by atoms with Gasteiger partial charge in [0.25, 0.3) is 0 Å². The molecule has 4 heteroatoms. The molecule has 0 saturated heterocycles. The van der Waals surface area contributed by atoms with Gasteiger partial charge >= 0.3 is 0 Å². The van der Waals surface area contributed by atoms with E-state index in [4.69, 9.17) is 4.74 Å². The van der Waals surface area contributed by atoms with Crippen molar-refractivity contribution >= 4 is 11.6 Å². The van der Waals surface area contributed by atoms with Gasteiger partial charge in [-0.1, -0.05) is 48.4 Å². The number of hydrogen-bond acceptors (Lipinski definition) is 3. The summed E-state index contributed by atoms with van der Waals surface area (Å²) in [6.07, 6.45) is 0. The van der Waals surface area contributed by atoms with Crippen LogP contribution in [0.1, 0.15) is 23.6 Å². The molecular weight excluding hydrogens is 300 g/mol. The Labute approximate surface area is 144 Å². The van der Waals surface area contributed by atoms with E-state index in [-0.39, 0.29) is 5.91 Å². The summed E-state index contributed by atoms with van der Waals surface area (Å²) in [6, 6.07) is 14.0. The van der Waals surface area contributed by atoms with Crippen molar-refractivity contribution in [1.82, 2.24) is 4.90 Å². The van der Waals surface area contributed by atoms with Gasteiger partial charge < -0.3 is 10.1 Å². The Morgan fingerprint density at radius 2 is 1.79 bits per heavy atom. The molecule has 0 aromatic heterocycles. The van der Waals surface area contributed by atoms with Crippen molar-refractivity contribution in [2.75, 3.05) is 25.5 Å². The molecule has 0 heterocycles. The quantitative estimate of drug-likeness (QED) is 0.842. The summed E-state index contributed by atoms with van der Waals surface area (Å²) in [5.41, 5.74) is 4.44. The number of nitrogens with one attached hydrogen (secondary N) is 1. The molecule has 2 aromatic carbocycles. The van der Waals surface area contributed by atoms with Crippen molar-refractivity contribution in [3.05, 3.63) is 59.2 Å². The molecule has 0 spiro atoms. The average Bonchev–Trinajstić information content (AvgIpc) is 2.53. The van der Waals surface area contributed by atoms with E-state index in [2.05, 4.69) is 49.2 Å². The number of para-hydroxylation sites is 2. The fraction of sp³-hybridized carbons (Fsp3) is 0.350. The van der Waals surface area contributed by atoms with Crippen LogP contribution in [0.3, 0.4) is 0 Å². The number of ether oxygens (including phenoxy) is 1. The zero-order valence-corrected chi connectivity index (χ0v) is 14.9. The fourth-order valence-electron chi connectivity index (χ4n) is 2.84. The molecule has 0 saturated carbocycles. The SMILES string of the molecule is CCN(CC(=O)Nc1ccccc1OC)Cc1cc(C)cc(C)c1. The molecule has 2 aromatic rings. The lowest BCUT2D eigenvalue weighted by atomic mass is 10.1. The third kappa shape index (κ3) is 5.10. The van der Waals surface area contributed by atoms with Crippen molar-refractivity contribution in [2.24, 2.45) is 0 Å². The van der Waals surface area contributed by atoms with Gasteiger partial charge in [-0.3, -0.25) is 9.69 Å². The zero-order valence-electron chi connectivity index (χ0n) is 14.9. The Morgan fingerprint density at radius 3 is 2.42 bits per heavy atom. The second-order valence-corrected chi connectivity index (χ2v) is 6.05. The van der Waals surface area contributed by atoms with E-state index in [1.165, 1.54) is 16.7 Å². The number of benzene rings is 2. The first-order valence-corrected chi connectivity index (χ1v) is 8.24. The molecule has 0 aliphatic rings. The number of carbonyl (C=O) groups is 1. The van der Waals surface area contributed by atoms with Crippen molar-refractivity contribution in [3.63, 3.8) is 0 Å². The number of carbonyl (C=O) groups excluding carboxylic acids is 1. The molecule has 0 radical (unpaired) electrons. The lowest BCUT2D eigenvalue weighted by molar-refractivity contribution is -0.117. The fourth-order valence-corrected chi connectivity index (χ4v) is 2.84. The minimum atomic E-state index is -0.0364. The number of likely N-dealkylation sites (N-methyl/N-ethyl adjacent to an activating group) is 1. The van der Waals surface area contributed by atoms with Crippen molar-refractivity contribution in [2.45, 2.75) is 27.3 Å². The molecule has 0 fully saturated rings. The highest BCUT2D eigenvalue weighted by Crippen LogP contribution is 2.23. The number of methoxy groups -OCH3 is 1. The lowest BCUT2D eigenvalue weighted by Gasteiger charge is -2.21. The summed E-state index contributed by atoms with van der Waals surface area (Å²) < 4.78 is 5.27. The van der Waals surface area contributed by atoms with Crippen LogP contribution in [-0.4, -0.2) is 31.0 Å². The standard InChI is InChI=1S/C20H26N2O2/c1-5-22(13-17-11-15(2)10-16(3)12-17)14-20(23)21-18-8-6-7-9-19(18)24-4/h6-12H,5,13-14H2,1-4H3,(H,21,23). The van der Waals surface area contributed by atoms with Gasteiger partial charge in [0.2, 0.25) is 5.91 Å². The normalized spacial score (nSPS) is 10.7. The van der Waals surface area contributed by atoms with E-state index in [1.54, 1.807) is 7.11 Å². The minimum absolute atomic E-state index is 0.0364. The van der Waals surface area contributed by atoms with Gasteiger partial charge in [0, 0.05) is 6.54 Å². The van der Waals surface area contributed by atoms with Gasteiger partial charge in [-0.2, -0.15) is 0 Å². The smallest absolute Gasteiger partial charge is 0.238 e. The zero-order chi connectivity index (χ0) is 17.5. The van der Waals surface area contributed by atoms with Crippen LogP contribution in [0.2, 0.25) is 0 Å². The second-order valence-electron chi connectivity index (χ2n) is 6.05. The van der Waals surface area contributed by atoms with Crippen LogP contribution in [0.15, 0.2) is 42.5 Å². The number of rotatable bonds is 7. The average molecular weight is 326 g/mol. The molecule has 1 amide bonds. The first kappa shape index (κ1) is 18.0. The Balaban J connectivity index is 2.00. The summed E-state index contributed by atoms with van der Waals surface area (Å²) in [7, 11) is 1.60. The molecule has 0 aliphatic carbocycles. The van der Waals surface area contributed by atoms with E-state index in [0.717, 1.165) is 13.1 Å². The van der Waals surface area contributed by atoms with Crippen LogP contribution in [0, 0.1) is 13.8 Å². The maximum Gasteiger partial charge on any atom is 0.238 e. The second kappa shape index (κ2) is 8.50. The highest BCUT2D eigenvalue weighted by atomic mass is 16.5. The Morgan fingerprint density at radius 1 is 1.12 bits per heavy atom. The Bertz CT molecular complexity index is 678. The molecule has 24 heavy (non-hydrogen) atoms. The van der Waals surface area contributed by atoms with Gasteiger partial charge in [-0.05, 0) is 38.1 Å². The summed E-state index contributed by atoms with van der Waals surface area (Å²) in [5, 5.41) is 2.93. The van der Waals surface area contributed by atoms with E-state index in [9.17, 15) is 4.79 Å². The number of amides is 1. The number of anilines is 1. The summed E-state index contributed by atoms with van der Waals surface area (Å²) in [6.45, 7) is 8.19. The predicted molar refractivity (Wildman–Crippen MR) is 98.5 cm³/mol. The number of hydrogen-bond donors (Lipinski definition) is 1. The van der Waals surface area contributed by atoms with Crippen molar-refractivity contribution < 1.29 is 9.53 Å². The highest BCUT2D eigenvalue weighted by molar-refractivity contribution is 5.93. The van der Waals surface area contributed by atoms with Gasteiger partial charge in [-0.25, -0.2) is 0 Å². The summed E-state index contributed by atoms with van der Waals surface area (Å²) >= 11 is 0. The predicted octanol–water partition coefficient (Wildman–Crippen LogP) is 3.77. The van der Waals surface area contributed by atoms with Crippen LogP contribution in [0.4, 0.5) is 5.69 Å². The topological polar surface area (TPSA) is 41.6 Å². The Hall–Kier alpha value is -2.33. The van der Waals surface area contributed by atoms with E-state index in [1.807, 2.05) is 24.3 Å². The van der Waals surface area contributed by atoms with Gasteiger partial charge in [0.15, 0.2) is 0 Å². The molecule has 0 aliphatic heterocycles. The van der Waals surface area contributed by atoms with Crippen LogP contribution in [-0.2, 0) is 11.3 Å². The molecule has 0 bridgehead atoms. The third-order valence-corrected chi connectivity index (χ3v) is 3.88. The third-order valence-electron chi connectivity index (χ3n) is 3.88. The van der Waals surface area contributed by atoms with Gasteiger partial charge in [0.1, 0.15) is 5.75 Å². The summed E-state index contributed by atoms with van der Waals surface area (Å²) in [5.74, 6) is 0.633. The molecule has 2 rings (SSSR count). The van der Waals surface area contributed by atoms with Crippen molar-refractivity contribution in [1.29, 1.82) is 0 Å². The molecule has 128 valence electrons. The molecule has 0 unspecified atom stereocenters. The Kier molecular flexibility index (Phi) is 6.38. The van der Waals surface area contributed by atoms with Crippen LogP contribution in [0.25, 0.3) is 0 Å². The summed E-state index contributed by atoms with van der Waals surface area (Å²) in [4.78, 5) is 14.5. The number of aryl methyl sites for hydroxylation is 2. The van der Waals surface area contributed by atoms with Gasteiger partial charge in [-0.15, -0.1) is 0 Å². The van der Waals surface area contributed by atoms with Crippen molar-refractivity contribution in [3.8, 4) is 5.75 Å². The lowest BCUT2D eigenvalue weighted by Crippen LogP contribution is -2.32. The van der Waals surface area contributed by atoms with E-state index >= 15 is 0 Å². The van der Waals surface area contributed by atoms with Gasteiger partial charge in [0.05, 0.1) is 19.3 Å². The first-order chi connectivity index (χ1) is 11.5. The first-order valence-electron chi connectivity index (χ1n) is 8.24. The van der Waals surface area contributed by atoms with Crippen LogP contribution < -0.4 is 10.1 Å². The molecule has 1 N–H and O–H groups in total. The largest absolute Gasteiger partial charge is 0.495 e. The van der Waals surface area contributed by atoms with E-state index < -0.39 is 0 Å². The maximum absolute atomic E-state index is 12.4. The maximum atomic E-state index is 12.4. The highest BCUT2D eigenvalue weighted by Gasteiger charge is 2.12. The molecule has 4 nitrogen and oxygen atoms in total. The molecule has 0 atom stereocenters. The van der Waals surface area contributed by atoms with Crippen LogP contribution >= 0.6 is 0 Å². The monoisotopic (exact) mass is 326 g/mol. The van der Waals surface area contributed by atoms with Crippen LogP contribution in [0.5, 0.6) is 5.75 Å². The minimum Gasteiger partial charge on any atom is -0.495 e.